The van der Waals surface area contributed by atoms with Crippen molar-refractivity contribution in [2.75, 3.05) is 5.73 Å². The number of halogens is 3. The lowest BCUT2D eigenvalue weighted by Crippen LogP contribution is -2.08. The fraction of sp³-hybridized carbons (Fsp3) is 0.0714. The van der Waals surface area contributed by atoms with Gasteiger partial charge in [0.15, 0.2) is 0 Å². The summed E-state index contributed by atoms with van der Waals surface area (Å²) < 4.78 is 44.1. The third-order valence-corrected chi connectivity index (χ3v) is 2.51. The predicted octanol–water partition coefficient (Wildman–Crippen LogP) is 3.04. The Balaban J connectivity index is 2.08. The minimum absolute atomic E-state index is 0.131. The lowest BCUT2D eigenvalue weighted by molar-refractivity contribution is 0.0466. The number of esters is 1. The fourth-order valence-corrected chi connectivity index (χ4v) is 1.62. The molecular formula is C14H10F3NO2. The van der Waals surface area contributed by atoms with Crippen LogP contribution in [0.5, 0.6) is 0 Å². The number of rotatable bonds is 3. The second kappa shape index (κ2) is 5.64. The maximum atomic E-state index is 13.5. The van der Waals surface area contributed by atoms with Crippen LogP contribution in [-0.4, -0.2) is 5.97 Å². The number of benzene rings is 2. The van der Waals surface area contributed by atoms with Gasteiger partial charge in [0.1, 0.15) is 24.1 Å². The number of carbonyl (C=O) groups is 1. The molecular weight excluding hydrogens is 271 g/mol. The van der Waals surface area contributed by atoms with Gasteiger partial charge in [-0.2, -0.15) is 0 Å². The molecule has 2 N–H and O–H groups in total. The van der Waals surface area contributed by atoms with Gasteiger partial charge in [-0.1, -0.05) is 0 Å². The van der Waals surface area contributed by atoms with Gasteiger partial charge in [0, 0.05) is 11.8 Å². The Labute approximate surface area is 112 Å². The summed E-state index contributed by atoms with van der Waals surface area (Å²) in [5.74, 6) is -3.32. The predicted molar refractivity (Wildman–Crippen MR) is 66.3 cm³/mol. The quantitative estimate of drug-likeness (QED) is 0.695. The summed E-state index contributed by atoms with van der Waals surface area (Å²) in [5, 5.41) is 0. The molecule has 0 aliphatic rings. The lowest BCUT2D eigenvalue weighted by atomic mass is 10.2. The molecule has 0 atom stereocenters. The zero-order valence-electron chi connectivity index (χ0n) is 10.2. The number of ether oxygens (including phenoxy) is 1. The number of nitrogens with two attached hydrogens (primary N) is 1. The Morgan fingerprint density at radius 2 is 1.70 bits per heavy atom. The molecule has 2 aromatic carbocycles. The van der Waals surface area contributed by atoms with Crippen LogP contribution >= 0.6 is 0 Å². The number of carbonyl (C=O) groups excluding carboxylic acids is 1. The Kier molecular flexibility index (Phi) is 3.93. The zero-order valence-corrected chi connectivity index (χ0v) is 10.2. The molecule has 0 aliphatic heterocycles. The van der Waals surface area contributed by atoms with Crippen LogP contribution in [0.1, 0.15) is 15.9 Å². The molecule has 0 heterocycles. The molecule has 0 unspecified atom stereocenters. The number of hydrogen-bond donors (Lipinski definition) is 1. The Morgan fingerprint density at radius 1 is 1.05 bits per heavy atom. The first-order valence-corrected chi connectivity index (χ1v) is 5.63. The van der Waals surface area contributed by atoms with E-state index < -0.39 is 23.4 Å². The Hall–Kier alpha value is -2.50. The highest BCUT2D eigenvalue weighted by molar-refractivity contribution is 5.90. The summed E-state index contributed by atoms with van der Waals surface area (Å²) in [6.07, 6.45) is 0. The third kappa shape index (κ3) is 3.28. The van der Waals surface area contributed by atoms with Gasteiger partial charge in [0.25, 0.3) is 0 Å². The van der Waals surface area contributed by atoms with E-state index in [1.165, 1.54) is 12.1 Å². The van der Waals surface area contributed by atoms with Crippen LogP contribution in [0, 0.1) is 17.5 Å². The average molecular weight is 281 g/mol. The van der Waals surface area contributed by atoms with Gasteiger partial charge in [0.05, 0.1) is 5.56 Å². The lowest BCUT2D eigenvalue weighted by Gasteiger charge is -2.06. The van der Waals surface area contributed by atoms with Crippen molar-refractivity contribution in [1.29, 1.82) is 0 Å². The number of nitrogen functional groups attached to an aromatic ring is 1. The highest BCUT2D eigenvalue weighted by Crippen LogP contribution is 2.15. The standard InChI is InChI=1S/C14H10F3NO2/c15-9-3-8(4-10(16)5-9)7-20-14(19)12-2-1-11(18)6-13(12)17/h1-6H,7,18H2. The maximum absolute atomic E-state index is 13.5. The molecule has 6 heteroatoms. The summed E-state index contributed by atoms with van der Waals surface area (Å²) in [4.78, 5) is 11.6. The average Bonchev–Trinajstić information content (AvgIpc) is 2.35. The molecule has 0 spiro atoms. The maximum Gasteiger partial charge on any atom is 0.341 e. The monoisotopic (exact) mass is 281 g/mol. The highest BCUT2D eigenvalue weighted by Gasteiger charge is 2.13. The molecule has 2 rings (SSSR count). The molecule has 2 aromatic rings. The Morgan fingerprint density at radius 3 is 2.30 bits per heavy atom. The van der Waals surface area contributed by atoms with Gasteiger partial charge in [-0.05, 0) is 35.9 Å². The van der Waals surface area contributed by atoms with Crippen molar-refractivity contribution in [2.45, 2.75) is 6.61 Å². The summed E-state index contributed by atoms with van der Waals surface area (Å²) >= 11 is 0. The van der Waals surface area contributed by atoms with E-state index in [9.17, 15) is 18.0 Å². The number of anilines is 1. The minimum Gasteiger partial charge on any atom is -0.457 e. The summed E-state index contributed by atoms with van der Waals surface area (Å²) in [7, 11) is 0. The van der Waals surface area contributed by atoms with E-state index in [4.69, 9.17) is 10.5 Å². The second-order valence-electron chi connectivity index (χ2n) is 4.09. The molecule has 104 valence electrons. The van der Waals surface area contributed by atoms with E-state index in [0.29, 0.717) is 6.07 Å². The van der Waals surface area contributed by atoms with Crippen LogP contribution in [0.2, 0.25) is 0 Å². The van der Waals surface area contributed by atoms with Crippen molar-refractivity contribution in [2.24, 2.45) is 0 Å². The van der Waals surface area contributed by atoms with E-state index in [1.807, 2.05) is 0 Å². The van der Waals surface area contributed by atoms with Gasteiger partial charge in [-0.25, -0.2) is 18.0 Å². The van der Waals surface area contributed by atoms with Crippen LogP contribution in [0.3, 0.4) is 0 Å². The summed E-state index contributed by atoms with van der Waals surface area (Å²) in [6.45, 7) is -0.364. The van der Waals surface area contributed by atoms with Crippen molar-refractivity contribution in [3.63, 3.8) is 0 Å². The first kappa shape index (κ1) is 13.9. The van der Waals surface area contributed by atoms with Crippen molar-refractivity contribution in [3.8, 4) is 0 Å². The van der Waals surface area contributed by atoms with Gasteiger partial charge in [-0.3, -0.25) is 0 Å². The van der Waals surface area contributed by atoms with Crippen LogP contribution in [-0.2, 0) is 11.3 Å². The van der Waals surface area contributed by atoms with E-state index in [2.05, 4.69) is 0 Å². The molecule has 0 bridgehead atoms. The largest absolute Gasteiger partial charge is 0.457 e. The van der Waals surface area contributed by atoms with Gasteiger partial charge in [0.2, 0.25) is 0 Å². The molecule has 0 radical (unpaired) electrons. The summed E-state index contributed by atoms with van der Waals surface area (Å²) in [5.41, 5.74) is 5.36. The first-order chi connectivity index (χ1) is 9.45. The third-order valence-electron chi connectivity index (χ3n) is 2.51. The van der Waals surface area contributed by atoms with Crippen molar-refractivity contribution >= 4 is 11.7 Å². The zero-order chi connectivity index (χ0) is 14.7. The molecule has 0 saturated heterocycles. The molecule has 0 amide bonds. The van der Waals surface area contributed by atoms with Crippen LogP contribution in [0.15, 0.2) is 36.4 Å². The molecule has 20 heavy (non-hydrogen) atoms. The van der Waals surface area contributed by atoms with E-state index in [1.54, 1.807) is 0 Å². The topological polar surface area (TPSA) is 52.3 Å². The highest BCUT2D eigenvalue weighted by atomic mass is 19.1. The van der Waals surface area contributed by atoms with Crippen molar-refractivity contribution < 1.29 is 22.7 Å². The minimum atomic E-state index is -0.938. The van der Waals surface area contributed by atoms with Crippen LogP contribution in [0.4, 0.5) is 18.9 Å². The van der Waals surface area contributed by atoms with Crippen LogP contribution in [0.25, 0.3) is 0 Å². The first-order valence-electron chi connectivity index (χ1n) is 5.63. The molecule has 0 fully saturated rings. The molecule has 3 nitrogen and oxygen atoms in total. The molecule has 0 saturated carbocycles. The van der Waals surface area contributed by atoms with Crippen molar-refractivity contribution in [3.05, 3.63) is 65.0 Å². The van der Waals surface area contributed by atoms with Crippen LogP contribution < -0.4 is 5.73 Å². The van der Waals surface area contributed by atoms with Crippen molar-refractivity contribution in [1.82, 2.24) is 0 Å². The smallest absolute Gasteiger partial charge is 0.341 e. The fourth-order valence-electron chi connectivity index (χ4n) is 1.62. The van der Waals surface area contributed by atoms with E-state index in [-0.39, 0.29) is 23.4 Å². The molecule has 0 aromatic heterocycles. The summed E-state index contributed by atoms with van der Waals surface area (Å²) in [6, 6.07) is 6.26. The van der Waals surface area contributed by atoms with E-state index >= 15 is 0 Å². The van der Waals surface area contributed by atoms with Gasteiger partial charge in [-0.15, -0.1) is 0 Å². The van der Waals surface area contributed by atoms with E-state index in [0.717, 1.165) is 18.2 Å². The normalized spacial score (nSPS) is 10.3. The number of hydrogen-bond acceptors (Lipinski definition) is 3. The Bertz CT molecular complexity index is 639. The SMILES string of the molecule is Nc1ccc(C(=O)OCc2cc(F)cc(F)c2)c(F)c1. The second-order valence-corrected chi connectivity index (χ2v) is 4.09. The van der Waals surface area contributed by atoms with Gasteiger partial charge >= 0.3 is 5.97 Å². The van der Waals surface area contributed by atoms with Gasteiger partial charge < -0.3 is 10.5 Å². The molecule has 0 aliphatic carbocycles.